The summed E-state index contributed by atoms with van der Waals surface area (Å²) in [5.74, 6) is -0.466. The highest BCUT2D eigenvalue weighted by atomic mass is 35.5. The van der Waals surface area contributed by atoms with Crippen LogP contribution in [0.5, 0.6) is 0 Å². The van der Waals surface area contributed by atoms with Crippen molar-refractivity contribution in [2.24, 2.45) is 0 Å². The number of benzene rings is 3. The fraction of sp³-hybridized carbons (Fsp3) is 0.115. The van der Waals surface area contributed by atoms with E-state index in [1.165, 1.54) is 11.6 Å². The maximum atomic E-state index is 13.0. The van der Waals surface area contributed by atoms with E-state index in [2.05, 4.69) is 35.2 Å². The molecule has 0 atom stereocenters. The Kier molecular flexibility index (Phi) is 7.30. The third kappa shape index (κ3) is 5.47. The monoisotopic (exact) mass is 492 g/mol. The van der Waals surface area contributed by atoms with Gasteiger partial charge >= 0.3 is 6.03 Å². The highest BCUT2D eigenvalue weighted by Gasteiger charge is 2.15. The van der Waals surface area contributed by atoms with E-state index in [1.807, 2.05) is 36.4 Å². The van der Waals surface area contributed by atoms with Crippen molar-refractivity contribution in [1.82, 2.24) is 15.8 Å². The number of amides is 3. The largest absolute Gasteiger partial charge is 0.337 e. The Bertz CT molecular complexity index is 1360. The minimum Gasteiger partial charge on any atom is -0.307 e. The van der Waals surface area contributed by atoms with Crippen LogP contribution >= 0.6 is 23.2 Å². The van der Waals surface area contributed by atoms with Crippen molar-refractivity contribution in [1.29, 1.82) is 0 Å². The average molecular weight is 493 g/mol. The van der Waals surface area contributed by atoms with Crippen LogP contribution in [-0.4, -0.2) is 16.9 Å². The van der Waals surface area contributed by atoms with Crippen LogP contribution in [0.4, 0.5) is 10.5 Å². The third-order valence-corrected chi connectivity index (χ3v) is 5.96. The third-order valence-electron chi connectivity index (χ3n) is 5.22. The number of urea groups is 1. The van der Waals surface area contributed by atoms with Gasteiger partial charge in [-0.2, -0.15) is 0 Å². The quantitative estimate of drug-likeness (QED) is 0.273. The van der Waals surface area contributed by atoms with Crippen LogP contribution in [0.1, 0.15) is 29.3 Å². The minimum atomic E-state index is -0.628. The van der Waals surface area contributed by atoms with Gasteiger partial charge in [-0.1, -0.05) is 79.0 Å². The Morgan fingerprint density at radius 2 is 1.65 bits per heavy atom. The molecule has 3 amide bonds. The molecule has 0 aliphatic heterocycles. The zero-order chi connectivity index (χ0) is 24.1. The van der Waals surface area contributed by atoms with Gasteiger partial charge in [-0.15, -0.1) is 0 Å². The van der Waals surface area contributed by atoms with Gasteiger partial charge in [-0.25, -0.2) is 15.2 Å². The lowest BCUT2D eigenvalue weighted by Crippen LogP contribution is -2.44. The Hall–Kier alpha value is -3.61. The molecule has 0 aliphatic carbocycles. The van der Waals surface area contributed by atoms with Gasteiger partial charge in [0.1, 0.15) is 0 Å². The molecule has 0 unspecified atom stereocenters. The summed E-state index contributed by atoms with van der Waals surface area (Å²) in [5.41, 5.74) is 9.16. The number of pyridine rings is 1. The number of para-hydroxylation sites is 1. The molecule has 1 aromatic heterocycles. The Morgan fingerprint density at radius 1 is 0.882 bits per heavy atom. The van der Waals surface area contributed by atoms with Crippen LogP contribution < -0.4 is 16.2 Å². The molecule has 0 radical (unpaired) electrons. The number of aryl methyl sites for hydroxylation is 1. The molecule has 0 saturated carbocycles. The number of rotatable bonds is 5. The van der Waals surface area contributed by atoms with E-state index in [0.717, 1.165) is 18.4 Å². The van der Waals surface area contributed by atoms with Gasteiger partial charge < -0.3 is 5.32 Å². The van der Waals surface area contributed by atoms with Crippen molar-refractivity contribution < 1.29 is 9.59 Å². The number of anilines is 1. The number of hydrazine groups is 1. The van der Waals surface area contributed by atoms with E-state index in [1.54, 1.807) is 18.2 Å². The second-order valence-electron chi connectivity index (χ2n) is 7.68. The van der Waals surface area contributed by atoms with Crippen molar-refractivity contribution in [3.05, 3.63) is 94.0 Å². The first-order chi connectivity index (χ1) is 16.4. The highest BCUT2D eigenvalue weighted by molar-refractivity contribution is 6.42. The van der Waals surface area contributed by atoms with E-state index in [9.17, 15) is 9.59 Å². The molecule has 0 spiro atoms. The van der Waals surface area contributed by atoms with Crippen LogP contribution in [0.2, 0.25) is 10.0 Å². The van der Waals surface area contributed by atoms with Crippen LogP contribution in [0.3, 0.4) is 0 Å². The van der Waals surface area contributed by atoms with Crippen molar-refractivity contribution >= 4 is 51.7 Å². The number of fused-ring (bicyclic) bond motifs is 1. The summed E-state index contributed by atoms with van der Waals surface area (Å²) >= 11 is 11.9. The molecule has 0 saturated heterocycles. The molecule has 4 rings (SSSR count). The topological polar surface area (TPSA) is 83.1 Å². The van der Waals surface area contributed by atoms with E-state index in [0.29, 0.717) is 37.9 Å². The van der Waals surface area contributed by atoms with Gasteiger partial charge in [0.05, 0.1) is 26.8 Å². The number of carbonyl (C=O) groups is 2. The van der Waals surface area contributed by atoms with E-state index in [4.69, 9.17) is 28.2 Å². The number of carbonyl (C=O) groups excluding carboxylic acids is 2. The molecule has 0 fully saturated rings. The number of halogens is 2. The number of hydrogen-bond acceptors (Lipinski definition) is 3. The van der Waals surface area contributed by atoms with Crippen LogP contribution in [0, 0.1) is 0 Å². The molecule has 0 bridgehead atoms. The van der Waals surface area contributed by atoms with Gasteiger partial charge in [0.15, 0.2) is 0 Å². The molecule has 3 N–H and O–H groups in total. The van der Waals surface area contributed by atoms with Crippen molar-refractivity contribution in [3.63, 3.8) is 0 Å². The van der Waals surface area contributed by atoms with Gasteiger partial charge in [-0.3, -0.25) is 10.2 Å². The summed E-state index contributed by atoms with van der Waals surface area (Å²) in [6.45, 7) is 2.14. The molecule has 172 valence electrons. The number of aromatic nitrogens is 1. The molecular formula is C26H22Cl2N4O2. The first-order valence-corrected chi connectivity index (χ1v) is 11.5. The summed E-state index contributed by atoms with van der Waals surface area (Å²) in [5, 5.41) is 3.95. The van der Waals surface area contributed by atoms with Crippen LogP contribution in [0.15, 0.2) is 72.8 Å². The number of nitrogens with one attached hydrogen (secondary N) is 3. The van der Waals surface area contributed by atoms with E-state index < -0.39 is 11.9 Å². The maximum Gasteiger partial charge on any atom is 0.337 e. The SMILES string of the molecule is CCCc1ccc(-c2cc(C(=O)NNC(=O)Nc3ccc(Cl)c(Cl)c3)c3ccccc3n2)cc1. The number of hydrogen-bond donors (Lipinski definition) is 3. The van der Waals surface area contributed by atoms with Gasteiger partial charge in [0.2, 0.25) is 0 Å². The normalized spacial score (nSPS) is 10.7. The summed E-state index contributed by atoms with van der Waals surface area (Å²) < 4.78 is 0. The zero-order valence-corrected chi connectivity index (χ0v) is 19.9. The Morgan fingerprint density at radius 3 is 2.38 bits per heavy atom. The molecule has 8 heteroatoms. The van der Waals surface area contributed by atoms with Gasteiger partial charge in [0, 0.05) is 16.6 Å². The maximum absolute atomic E-state index is 13.0. The van der Waals surface area contributed by atoms with Gasteiger partial charge in [-0.05, 0) is 42.3 Å². The van der Waals surface area contributed by atoms with Crippen LogP contribution in [0.25, 0.3) is 22.2 Å². The zero-order valence-electron chi connectivity index (χ0n) is 18.4. The molecule has 6 nitrogen and oxygen atoms in total. The summed E-state index contributed by atoms with van der Waals surface area (Å²) in [6.07, 6.45) is 2.08. The lowest BCUT2D eigenvalue weighted by Gasteiger charge is -2.12. The van der Waals surface area contributed by atoms with Crippen molar-refractivity contribution in [2.45, 2.75) is 19.8 Å². The van der Waals surface area contributed by atoms with Gasteiger partial charge in [0.25, 0.3) is 5.91 Å². The fourth-order valence-electron chi connectivity index (χ4n) is 3.56. The summed E-state index contributed by atoms with van der Waals surface area (Å²) in [6, 6.07) is 21.3. The van der Waals surface area contributed by atoms with Crippen molar-refractivity contribution in [2.75, 3.05) is 5.32 Å². The molecule has 34 heavy (non-hydrogen) atoms. The lowest BCUT2D eigenvalue weighted by atomic mass is 10.0. The molecule has 0 aliphatic rings. The minimum absolute atomic E-state index is 0.307. The van der Waals surface area contributed by atoms with E-state index in [-0.39, 0.29) is 0 Å². The molecule has 4 aromatic rings. The second kappa shape index (κ2) is 10.5. The van der Waals surface area contributed by atoms with Crippen molar-refractivity contribution in [3.8, 4) is 11.3 Å². The predicted octanol–water partition coefficient (Wildman–Crippen LogP) is 6.63. The Balaban J connectivity index is 1.54. The first-order valence-electron chi connectivity index (χ1n) is 10.8. The van der Waals surface area contributed by atoms with Crippen LogP contribution in [-0.2, 0) is 6.42 Å². The predicted molar refractivity (Wildman–Crippen MR) is 137 cm³/mol. The average Bonchev–Trinajstić information content (AvgIpc) is 2.85. The fourth-order valence-corrected chi connectivity index (χ4v) is 3.86. The second-order valence-corrected chi connectivity index (χ2v) is 8.50. The molecular weight excluding hydrogens is 471 g/mol. The summed E-state index contributed by atoms with van der Waals surface area (Å²) in [4.78, 5) is 30.0. The van der Waals surface area contributed by atoms with E-state index >= 15 is 0 Å². The first kappa shape index (κ1) is 23.5. The molecule has 1 heterocycles. The Labute approximate surface area is 207 Å². The summed E-state index contributed by atoms with van der Waals surface area (Å²) in [7, 11) is 0. The number of nitrogens with zero attached hydrogens (tertiary/aromatic N) is 1. The molecule has 3 aromatic carbocycles. The standard InChI is InChI=1S/C26H22Cl2N4O2/c1-2-5-16-8-10-17(11-9-16)24-15-20(19-6-3-4-7-23(19)30-24)25(33)31-32-26(34)29-18-12-13-21(27)22(28)14-18/h3-4,6-15H,2,5H2,1H3,(H,31,33)(H2,29,32,34). The smallest absolute Gasteiger partial charge is 0.307 e. The lowest BCUT2D eigenvalue weighted by molar-refractivity contribution is 0.0939. The highest BCUT2D eigenvalue weighted by Crippen LogP contribution is 2.26.